The first-order chi connectivity index (χ1) is 13.2. The van der Waals surface area contributed by atoms with Crippen LogP contribution in [0.15, 0.2) is 48.7 Å². The van der Waals surface area contributed by atoms with Crippen LogP contribution in [-0.2, 0) is 7.05 Å². The van der Waals surface area contributed by atoms with E-state index >= 15 is 0 Å². The fourth-order valence-corrected chi connectivity index (χ4v) is 3.22. The van der Waals surface area contributed by atoms with Gasteiger partial charge in [-0.25, -0.2) is 5.48 Å². The predicted molar refractivity (Wildman–Crippen MR) is 106 cm³/mol. The molecule has 1 aromatic carbocycles. The van der Waals surface area contributed by atoms with Gasteiger partial charge < -0.3 is 9.88 Å². The van der Waals surface area contributed by atoms with Crippen LogP contribution >= 0.6 is 0 Å². The van der Waals surface area contributed by atoms with E-state index in [0.29, 0.717) is 11.4 Å². The van der Waals surface area contributed by atoms with Crippen LogP contribution in [0, 0.1) is 5.41 Å². The monoisotopic (exact) mass is 380 g/mol. The minimum Gasteiger partial charge on any atom is -0.342 e. The number of rotatable bonds is 4. The van der Waals surface area contributed by atoms with Crippen molar-refractivity contribution in [1.82, 2.24) is 20.3 Å². The molecule has 0 fully saturated rings. The summed E-state index contributed by atoms with van der Waals surface area (Å²) in [6.07, 6.45) is 1.38. The molecule has 0 aliphatic rings. The second-order valence-corrected chi connectivity index (χ2v) is 7.83. The highest BCUT2D eigenvalue weighted by Crippen LogP contribution is 2.32. The predicted octanol–water partition coefficient (Wildman–Crippen LogP) is 3.21. The molecule has 146 valence electrons. The smallest absolute Gasteiger partial charge is 0.276 e. The van der Waals surface area contributed by atoms with Crippen LogP contribution in [0.5, 0.6) is 0 Å². The van der Waals surface area contributed by atoms with E-state index in [0.717, 1.165) is 10.9 Å². The maximum absolute atomic E-state index is 13.0. The Morgan fingerprint density at radius 3 is 2.39 bits per heavy atom. The molecular weight excluding hydrogens is 356 g/mol. The normalized spacial score (nSPS) is 12.6. The lowest BCUT2D eigenvalue weighted by Crippen LogP contribution is -2.38. The molecule has 3 aromatic rings. The van der Waals surface area contributed by atoms with Crippen molar-refractivity contribution in [1.29, 1.82) is 0 Å². The van der Waals surface area contributed by atoms with E-state index < -0.39 is 5.91 Å². The number of hydrogen-bond donors (Lipinski definition) is 3. The van der Waals surface area contributed by atoms with Crippen molar-refractivity contribution in [3.63, 3.8) is 0 Å². The number of nitrogens with one attached hydrogen (secondary N) is 2. The quantitative estimate of drug-likeness (QED) is 0.478. The van der Waals surface area contributed by atoms with Gasteiger partial charge in [0.2, 0.25) is 0 Å². The molecule has 0 radical (unpaired) electrons. The first kappa shape index (κ1) is 19.6. The summed E-state index contributed by atoms with van der Waals surface area (Å²) in [5, 5.41) is 12.8. The Balaban J connectivity index is 1.91. The number of hydroxylamine groups is 1. The zero-order chi connectivity index (χ0) is 20.5. The van der Waals surface area contributed by atoms with Gasteiger partial charge in [-0.05, 0) is 29.7 Å². The van der Waals surface area contributed by atoms with Gasteiger partial charge in [-0.1, -0.05) is 39.0 Å². The number of carbonyl (C=O) groups is 2. The summed E-state index contributed by atoms with van der Waals surface area (Å²) in [5.74, 6) is -0.830. The number of hydrogen-bond acceptors (Lipinski definition) is 4. The van der Waals surface area contributed by atoms with Gasteiger partial charge >= 0.3 is 0 Å². The Kier molecular flexibility index (Phi) is 5.20. The summed E-state index contributed by atoms with van der Waals surface area (Å²) in [5.41, 5.74) is 3.68. The molecule has 28 heavy (non-hydrogen) atoms. The second-order valence-electron chi connectivity index (χ2n) is 7.83. The van der Waals surface area contributed by atoms with Gasteiger partial charge in [0.25, 0.3) is 11.8 Å². The highest BCUT2D eigenvalue weighted by atomic mass is 16.5. The third kappa shape index (κ3) is 3.75. The van der Waals surface area contributed by atoms with Crippen molar-refractivity contribution in [2.24, 2.45) is 12.5 Å². The van der Waals surface area contributed by atoms with Crippen LogP contribution in [-0.4, -0.2) is 26.6 Å². The third-order valence-corrected chi connectivity index (χ3v) is 4.77. The summed E-state index contributed by atoms with van der Waals surface area (Å²) in [7, 11) is 1.86. The molecule has 3 rings (SSSR count). The average Bonchev–Trinajstić information content (AvgIpc) is 3.01. The Labute approximate surface area is 163 Å². The number of benzene rings is 1. The first-order valence-corrected chi connectivity index (χ1v) is 8.98. The lowest BCUT2D eigenvalue weighted by atomic mass is 9.84. The summed E-state index contributed by atoms with van der Waals surface area (Å²) < 4.78 is 1.87. The molecule has 0 saturated carbocycles. The standard InChI is InChI=1S/C21H24N4O3/c1-21(2,3)18(15-10-9-14(12-22-15)19(26)24-28)23-20(27)17-11-13-7-5-6-8-16(13)25(17)4/h5-12,18,28H,1-4H3,(H,23,27)(H,24,26)/t18-/m1/s1. The molecule has 2 heterocycles. The molecule has 0 aliphatic carbocycles. The number of nitrogens with zero attached hydrogens (tertiary/aromatic N) is 2. The summed E-state index contributed by atoms with van der Waals surface area (Å²) in [6, 6.07) is 12.6. The van der Waals surface area contributed by atoms with Gasteiger partial charge in [-0.2, -0.15) is 0 Å². The molecule has 2 aromatic heterocycles. The Bertz CT molecular complexity index is 1020. The van der Waals surface area contributed by atoms with Gasteiger partial charge in [0.1, 0.15) is 5.69 Å². The number of aromatic nitrogens is 2. The van der Waals surface area contributed by atoms with Crippen molar-refractivity contribution >= 4 is 22.7 Å². The minimum atomic E-state index is -0.633. The van der Waals surface area contributed by atoms with E-state index in [4.69, 9.17) is 5.21 Å². The maximum Gasteiger partial charge on any atom is 0.276 e. The Hall–Kier alpha value is -3.19. The molecule has 2 amide bonds. The number of pyridine rings is 1. The molecular formula is C21H24N4O3. The SMILES string of the molecule is Cn1c(C(=O)N[C@H](c2ccc(C(=O)NO)cn2)C(C)(C)C)cc2ccccc21. The molecule has 7 nitrogen and oxygen atoms in total. The summed E-state index contributed by atoms with van der Waals surface area (Å²) in [6.45, 7) is 6.03. The van der Waals surface area contributed by atoms with Crippen LogP contribution in [0.3, 0.4) is 0 Å². The highest BCUT2D eigenvalue weighted by molar-refractivity contribution is 5.99. The summed E-state index contributed by atoms with van der Waals surface area (Å²) >= 11 is 0. The molecule has 1 atom stereocenters. The molecule has 0 bridgehead atoms. The molecule has 0 saturated heterocycles. The first-order valence-electron chi connectivity index (χ1n) is 8.98. The fraction of sp³-hybridized carbons (Fsp3) is 0.286. The number of amides is 2. The van der Waals surface area contributed by atoms with Crippen LogP contribution in [0.4, 0.5) is 0 Å². The van der Waals surface area contributed by atoms with E-state index in [2.05, 4.69) is 10.3 Å². The van der Waals surface area contributed by atoms with Crippen molar-refractivity contribution in [3.05, 3.63) is 65.6 Å². The van der Waals surface area contributed by atoms with Crippen LogP contribution in [0.25, 0.3) is 10.9 Å². The number of aryl methyl sites for hydroxylation is 1. The Morgan fingerprint density at radius 1 is 1.11 bits per heavy atom. The van der Waals surface area contributed by atoms with E-state index in [9.17, 15) is 9.59 Å². The Morgan fingerprint density at radius 2 is 1.82 bits per heavy atom. The van der Waals surface area contributed by atoms with Crippen LogP contribution in [0.2, 0.25) is 0 Å². The van der Waals surface area contributed by atoms with E-state index in [-0.39, 0.29) is 22.9 Å². The lowest BCUT2D eigenvalue weighted by Gasteiger charge is -2.31. The van der Waals surface area contributed by atoms with Crippen molar-refractivity contribution in [2.45, 2.75) is 26.8 Å². The number of para-hydroxylation sites is 1. The zero-order valence-corrected chi connectivity index (χ0v) is 16.4. The van der Waals surface area contributed by atoms with Crippen molar-refractivity contribution in [2.75, 3.05) is 0 Å². The number of fused-ring (bicyclic) bond motifs is 1. The summed E-state index contributed by atoms with van der Waals surface area (Å²) in [4.78, 5) is 28.9. The van der Waals surface area contributed by atoms with E-state index in [1.807, 2.05) is 62.7 Å². The highest BCUT2D eigenvalue weighted by Gasteiger charge is 2.30. The molecule has 0 unspecified atom stereocenters. The van der Waals surface area contributed by atoms with Crippen LogP contribution < -0.4 is 10.8 Å². The molecule has 0 spiro atoms. The minimum absolute atomic E-state index is 0.197. The van der Waals surface area contributed by atoms with Crippen molar-refractivity contribution < 1.29 is 14.8 Å². The topological polar surface area (TPSA) is 96.2 Å². The van der Waals surface area contributed by atoms with Crippen molar-refractivity contribution in [3.8, 4) is 0 Å². The molecule has 3 N–H and O–H groups in total. The van der Waals surface area contributed by atoms with Gasteiger partial charge in [-0.15, -0.1) is 0 Å². The lowest BCUT2D eigenvalue weighted by molar-refractivity contribution is 0.0705. The maximum atomic E-state index is 13.0. The van der Waals surface area contributed by atoms with Crippen LogP contribution in [0.1, 0.15) is 53.4 Å². The third-order valence-electron chi connectivity index (χ3n) is 4.77. The second kappa shape index (κ2) is 7.44. The van der Waals surface area contributed by atoms with Gasteiger partial charge in [0, 0.05) is 24.1 Å². The fourth-order valence-electron chi connectivity index (χ4n) is 3.22. The largest absolute Gasteiger partial charge is 0.342 e. The zero-order valence-electron chi connectivity index (χ0n) is 16.4. The number of carbonyl (C=O) groups excluding carboxylic acids is 2. The average molecular weight is 380 g/mol. The van der Waals surface area contributed by atoms with E-state index in [1.165, 1.54) is 6.20 Å². The van der Waals surface area contributed by atoms with Gasteiger partial charge in [0.05, 0.1) is 17.3 Å². The molecule has 0 aliphatic heterocycles. The van der Waals surface area contributed by atoms with Gasteiger partial charge in [0.15, 0.2) is 0 Å². The molecule has 7 heteroatoms. The van der Waals surface area contributed by atoms with Gasteiger partial charge in [-0.3, -0.25) is 19.8 Å². The van der Waals surface area contributed by atoms with E-state index in [1.54, 1.807) is 17.6 Å².